The number of esters is 1. The second kappa shape index (κ2) is 7.49. The molecule has 1 saturated carbocycles. The summed E-state index contributed by atoms with van der Waals surface area (Å²) >= 11 is 3.34. The predicted octanol–water partition coefficient (Wildman–Crippen LogP) is 3.12. The summed E-state index contributed by atoms with van der Waals surface area (Å²) in [5.41, 5.74) is 0.455. The first-order valence-electron chi connectivity index (χ1n) is 6.92. The number of carbonyl (C=O) groups is 1. The first-order valence-corrected chi connectivity index (χ1v) is 7.83. The fraction of sp³-hybridized carbons (Fsp3) is 0.929. The van der Waals surface area contributed by atoms with E-state index >= 15 is 0 Å². The van der Waals surface area contributed by atoms with Crippen LogP contribution in [0.25, 0.3) is 0 Å². The SMILES string of the molecule is COC(=O)C(Br)CNCC1(CC(C)C)CCCC1. The number of halogens is 1. The van der Waals surface area contributed by atoms with Crippen LogP contribution >= 0.6 is 15.9 Å². The zero-order valence-electron chi connectivity index (χ0n) is 11.8. The number of rotatable bonds is 7. The van der Waals surface area contributed by atoms with Crippen molar-refractivity contribution < 1.29 is 9.53 Å². The third kappa shape index (κ3) is 4.88. The average Bonchev–Trinajstić information content (AvgIpc) is 2.75. The average molecular weight is 320 g/mol. The summed E-state index contributed by atoms with van der Waals surface area (Å²) in [7, 11) is 1.42. The number of alkyl halides is 1. The van der Waals surface area contributed by atoms with Crippen LogP contribution in [-0.4, -0.2) is 31.0 Å². The molecule has 0 aromatic heterocycles. The summed E-state index contributed by atoms with van der Waals surface area (Å²) in [6.45, 7) is 6.25. The number of carbonyl (C=O) groups excluding carboxylic acids is 1. The molecule has 0 amide bonds. The smallest absolute Gasteiger partial charge is 0.320 e. The fourth-order valence-corrected chi connectivity index (χ4v) is 3.54. The van der Waals surface area contributed by atoms with Gasteiger partial charge in [-0.1, -0.05) is 42.6 Å². The Morgan fingerprint density at radius 1 is 1.39 bits per heavy atom. The van der Waals surface area contributed by atoms with Crippen molar-refractivity contribution in [3.05, 3.63) is 0 Å². The van der Waals surface area contributed by atoms with Gasteiger partial charge in [-0.3, -0.25) is 4.79 Å². The zero-order chi connectivity index (χ0) is 13.6. The van der Waals surface area contributed by atoms with Crippen LogP contribution in [-0.2, 0) is 9.53 Å². The Morgan fingerprint density at radius 3 is 2.50 bits per heavy atom. The number of hydrogen-bond donors (Lipinski definition) is 1. The molecule has 0 aromatic rings. The second-order valence-corrected chi connectivity index (χ2v) is 7.03. The van der Waals surface area contributed by atoms with Gasteiger partial charge >= 0.3 is 5.97 Å². The van der Waals surface area contributed by atoms with E-state index in [-0.39, 0.29) is 10.8 Å². The highest BCUT2D eigenvalue weighted by Crippen LogP contribution is 2.42. The van der Waals surface area contributed by atoms with Crippen molar-refractivity contribution in [3.63, 3.8) is 0 Å². The Kier molecular flexibility index (Phi) is 6.64. The van der Waals surface area contributed by atoms with Gasteiger partial charge in [-0.25, -0.2) is 0 Å². The third-order valence-electron chi connectivity index (χ3n) is 3.79. The van der Waals surface area contributed by atoms with E-state index in [1.165, 1.54) is 39.2 Å². The Morgan fingerprint density at radius 2 is 2.00 bits per heavy atom. The van der Waals surface area contributed by atoms with E-state index in [1.807, 2.05) is 0 Å². The maximum Gasteiger partial charge on any atom is 0.320 e. The Bertz CT molecular complexity index is 263. The highest BCUT2D eigenvalue weighted by molar-refractivity contribution is 9.10. The highest BCUT2D eigenvalue weighted by atomic mass is 79.9. The molecule has 1 N–H and O–H groups in total. The van der Waals surface area contributed by atoms with Crippen LogP contribution in [0.4, 0.5) is 0 Å². The normalized spacial score (nSPS) is 20.1. The highest BCUT2D eigenvalue weighted by Gasteiger charge is 2.34. The van der Waals surface area contributed by atoms with Crippen LogP contribution in [0.15, 0.2) is 0 Å². The molecule has 18 heavy (non-hydrogen) atoms. The van der Waals surface area contributed by atoms with Gasteiger partial charge in [0.1, 0.15) is 4.83 Å². The van der Waals surface area contributed by atoms with Gasteiger partial charge in [-0.2, -0.15) is 0 Å². The maximum absolute atomic E-state index is 11.3. The molecule has 106 valence electrons. The zero-order valence-corrected chi connectivity index (χ0v) is 13.4. The predicted molar refractivity (Wildman–Crippen MR) is 78.0 cm³/mol. The molecule has 1 unspecified atom stereocenters. The van der Waals surface area contributed by atoms with Crippen molar-refractivity contribution >= 4 is 21.9 Å². The molecule has 1 aliphatic rings. The van der Waals surface area contributed by atoms with Crippen molar-refractivity contribution in [2.75, 3.05) is 20.2 Å². The summed E-state index contributed by atoms with van der Waals surface area (Å²) in [6.07, 6.45) is 6.63. The van der Waals surface area contributed by atoms with E-state index in [9.17, 15) is 4.79 Å². The topological polar surface area (TPSA) is 38.3 Å². The number of nitrogens with one attached hydrogen (secondary N) is 1. The van der Waals surface area contributed by atoms with Crippen molar-refractivity contribution in [2.45, 2.75) is 50.8 Å². The molecular formula is C14H26BrNO2. The van der Waals surface area contributed by atoms with Crippen LogP contribution in [0.5, 0.6) is 0 Å². The molecule has 3 nitrogen and oxygen atoms in total. The standard InChI is InChI=1S/C14H26BrNO2/c1-11(2)8-14(6-4-5-7-14)10-16-9-12(15)13(17)18-3/h11-12,16H,4-10H2,1-3H3. The van der Waals surface area contributed by atoms with Gasteiger partial charge in [0.25, 0.3) is 0 Å². The van der Waals surface area contributed by atoms with Gasteiger partial charge in [-0.05, 0) is 30.6 Å². The molecule has 1 fully saturated rings. The van der Waals surface area contributed by atoms with E-state index in [4.69, 9.17) is 4.74 Å². The molecule has 1 atom stereocenters. The molecule has 1 aliphatic carbocycles. The number of methoxy groups -OCH3 is 1. The molecule has 0 spiro atoms. The first kappa shape index (κ1) is 16.0. The molecule has 0 radical (unpaired) electrons. The molecular weight excluding hydrogens is 294 g/mol. The third-order valence-corrected chi connectivity index (χ3v) is 4.48. The van der Waals surface area contributed by atoms with Gasteiger partial charge in [0, 0.05) is 13.1 Å². The quantitative estimate of drug-likeness (QED) is 0.578. The first-order chi connectivity index (χ1) is 8.49. The summed E-state index contributed by atoms with van der Waals surface area (Å²) in [6, 6.07) is 0. The lowest BCUT2D eigenvalue weighted by Gasteiger charge is -2.31. The molecule has 0 bridgehead atoms. The van der Waals surface area contributed by atoms with Gasteiger partial charge in [0.05, 0.1) is 7.11 Å². The molecule has 0 saturated heterocycles. The molecule has 0 heterocycles. The van der Waals surface area contributed by atoms with Crippen LogP contribution in [0.1, 0.15) is 46.0 Å². The van der Waals surface area contributed by atoms with Crippen molar-refractivity contribution in [3.8, 4) is 0 Å². The van der Waals surface area contributed by atoms with Gasteiger partial charge in [0.15, 0.2) is 0 Å². The molecule has 1 rings (SSSR count). The lowest BCUT2D eigenvalue weighted by atomic mass is 9.78. The van der Waals surface area contributed by atoms with Gasteiger partial charge in [-0.15, -0.1) is 0 Å². The fourth-order valence-electron chi connectivity index (χ4n) is 3.12. The van der Waals surface area contributed by atoms with Crippen molar-refractivity contribution in [1.82, 2.24) is 5.32 Å². The Balaban J connectivity index is 2.36. The monoisotopic (exact) mass is 319 g/mol. The summed E-state index contributed by atoms with van der Waals surface area (Å²) in [5, 5.41) is 3.44. The van der Waals surface area contributed by atoms with E-state index in [0.29, 0.717) is 12.0 Å². The van der Waals surface area contributed by atoms with E-state index in [1.54, 1.807) is 0 Å². The summed E-state index contributed by atoms with van der Waals surface area (Å²) < 4.78 is 4.70. The van der Waals surface area contributed by atoms with Crippen molar-refractivity contribution in [1.29, 1.82) is 0 Å². The second-order valence-electron chi connectivity index (χ2n) is 5.93. The minimum atomic E-state index is -0.236. The van der Waals surface area contributed by atoms with Crippen molar-refractivity contribution in [2.24, 2.45) is 11.3 Å². The van der Waals surface area contributed by atoms with Gasteiger partial charge < -0.3 is 10.1 Å². The van der Waals surface area contributed by atoms with E-state index in [0.717, 1.165) is 12.5 Å². The maximum atomic E-state index is 11.3. The van der Waals surface area contributed by atoms with Gasteiger partial charge in [0.2, 0.25) is 0 Å². The van der Waals surface area contributed by atoms with Crippen LogP contribution in [0.3, 0.4) is 0 Å². The number of hydrogen-bond acceptors (Lipinski definition) is 3. The summed E-state index contributed by atoms with van der Waals surface area (Å²) in [4.78, 5) is 11.1. The molecule has 0 aliphatic heterocycles. The summed E-state index contributed by atoms with van der Waals surface area (Å²) in [5.74, 6) is 0.539. The number of ether oxygens (including phenoxy) is 1. The largest absolute Gasteiger partial charge is 0.468 e. The minimum Gasteiger partial charge on any atom is -0.468 e. The molecule has 4 heteroatoms. The van der Waals surface area contributed by atoms with Crippen LogP contribution in [0.2, 0.25) is 0 Å². The Labute approximate surface area is 119 Å². The van der Waals surface area contributed by atoms with Crippen LogP contribution < -0.4 is 5.32 Å². The minimum absolute atomic E-state index is 0.202. The van der Waals surface area contributed by atoms with Crippen LogP contribution in [0, 0.1) is 11.3 Å². The van der Waals surface area contributed by atoms with E-state index in [2.05, 4.69) is 35.1 Å². The Hall–Kier alpha value is -0.0900. The lowest BCUT2D eigenvalue weighted by molar-refractivity contribution is -0.139. The molecule has 0 aromatic carbocycles. The van der Waals surface area contributed by atoms with E-state index < -0.39 is 0 Å². The lowest BCUT2D eigenvalue weighted by Crippen LogP contribution is -2.38.